The van der Waals surface area contributed by atoms with Crippen LogP contribution < -0.4 is 14.2 Å². The lowest BCUT2D eigenvalue weighted by Crippen LogP contribution is -2.51. The molecule has 12 aromatic rings. The highest BCUT2D eigenvalue weighted by Gasteiger charge is 2.47. The van der Waals surface area contributed by atoms with E-state index in [1.807, 2.05) is 24.3 Å². The number of benzene rings is 3. The van der Waals surface area contributed by atoms with Gasteiger partial charge in [-0.3, -0.25) is 29.3 Å². The Morgan fingerprint density at radius 2 is 0.814 bits per heavy atom. The molecule has 0 aliphatic rings. The average molecular weight is 1410 g/mol. The van der Waals surface area contributed by atoms with Crippen LogP contribution in [0.2, 0.25) is 16.6 Å². The maximum atomic E-state index is 15.6. The molecular weight excluding hydrogens is 1350 g/mol. The van der Waals surface area contributed by atoms with Crippen molar-refractivity contribution in [2.45, 2.75) is 58.2 Å². The molecule has 102 heavy (non-hydrogen) atoms. The standard InChI is InChI=1S/C31H35F2N3O4Si.C22H15F2N3O4.C21H13F2N3O4/c1-18(2)41(19(3)4,20(5)6)36-16-24(23-13-22(15-35-31(23)36)21-9-8-12-34-14-21)30(38)28-25(32)10-11-26(29(28)33)40-17-27(37)39-7;1-30-18(28)11-31-17-5-4-16(23)19(20(17)24)21(29)15-10-27-22-14(15)7-13(9-26-22)12-3-2-6-25-8-12;22-15-3-4-16(30-10-17(27)28)19(23)18(15)20(29)14-9-26-21-13(14)6-12(8-25-21)11-2-1-5-24-7-11/h8-16,18-20H,17H2,1-7H3;2-10H,11H2,1H3,(H,26,27);1-9H,10H2,(H,25,26)(H,27,28). The van der Waals surface area contributed by atoms with Crippen molar-refractivity contribution in [3.8, 4) is 50.6 Å². The minimum Gasteiger partial charge on any atom is -0.479 e. The molecule has 9 aromatic heterocycles. The molecule has 0 aliphatic carbocycles. The van der Waals surface area contributed by atoms with Crippen molar-refractivity contribution in [1.29, 1.82) is 0 Å². The molecular formula is C74H63F6N9O12Si. The number of carbonyl (C=O) groups excluding carboxylic acids is 5. The Balaban J connectivity index is 0.000000167. The van der Waals surface area contributed by atoms with Gasteiger partial charge in [0, 0.05) is 141 Å². The SMILES string of the molecule is COC(=O)COc1ccc(F)c(C(=O)c2c[nH]c3ncc(-c4cccnc4)cc23)c1F.COC(=O)COc1ccc(F)c(C(=O)c2cn([Si](C(C)C)(C(C)C)C(C)C)c3ncc(-c4cccnc4)cc23)c1F.O=C(O)COc1ccc(F)c(C(=O)c2c[nH]c3ncc(-c4cccnc4)cc23)c1F. The van der Waals surface area contributed by atoms with Crippen LogP contribution in [0.15, 0.2) is 165 Å². The van der Waals surface area contributed by atoms with Crippen molar-refractivity contribution in [2.75, 3.05) is 34.0 Å². The second-order valence-electron chi connectivity index (χ2n) is 23.8. The lowest BCUT2D eigenvalue weighted by molar-refractivity contribution is -0.143. The van der Waals surface area contributed by atoms with Crippen LogP contribution in [0, 0.1) is 34.9 Å². The fourth-order valence-electron chi connectivity index (χ4n) is 12.4. The fraction of sp³-hybridized carbons (Fsp3) is 0.189. The van der Waals surface area contributed by atoms with Crippen molar-refractivity contribution in [1.82, 2.24) is 44.1 Å². The molecule has 3 N–H and O–H groups in total. The number of esters is 2. The summed E-state index contributed by atoms with van der Waals surface area (Å²) in [6, 6.07) is 21.7. The third-order valence-corrected chi connectivity index (χ3v) is 23.7. The molecule has 3 aromatic carbocycles. The second kappa shape index (κ2) is 31.3. The van der Waals surface area contributed by atoms with Crippen LogP contribution in [0.5, 0.6) is 17.2 Å². The highest BCUT2D eigenvalue weighted by molar-refractivity contribution is 6.82. The summed E-state index contributed by atoms with van der Waals surface area (Å²) in [6.45, 7) is 11.1. The molecule has 9 heterocycles. The van der Waals surface area contributed by atoms with E-state index in [0.717, 1.165) is 65.8 Å². The topological polar surface area (TPSA) is 283 Å². The molecule has 0 bridgehead atoms. The number of carboxylic acid groups (broad SMARTS) is 1. The van der Waals surface area contributed by atoms with E-state index in [9.17, 15) is 46.3 Å². The number of ether oxygens (including phenoxy) is 5. The highest BCUT2D eigenvalue weighted by Crippen LogP contribution is 2.46. The summed E-state index contributed by atoms with van der Waals surface area (Å²) < 4.78 is 115. The van der Waals surface area contributed by atoms with E-state index in [1.54, 1.807) is 92.3 Å². The van der Waals surface area contributed by atoms with Crippen molar-refractivity contribution >= 4 is 76.6 Å². The number of nitrogens with one attached hydrogen (secondary N) is 2. The number of hydrogen-bond donors (Lipinski definition) is 3. The summed E-state index contributed by atoms with van der Waals surface area (Å²) in [5.41, 5.74) is 4.34. The van der Waals surface area contributed by atoms with Gasteiger partial charge in [-0.2, -0.15) is 0 Å². The molecule has 0 spiro atoms. The molecule has 12 rings (SSSR count). The maximum absolute atomic E-state index is 15.6. The molecule has 0 aliphatic heterocycles. The molecule has 0 fully saturated rings. The third-order valence-electron chi connectivity index (χ3n) is 17.0. The number of ketones is 3. The van der Waals surface area contributed by atoms with Gasteiger partial charge in [0.05, 0.1) is 30.9 Å². The Kier molecular flexibility index (Phi) is 22.3. The van der Waals surface area contributed by atoms with Gasteiger partial charge in [0.1, 0.15) is 34.4 Å². The smallest absolute Gasteiger partial charge is 0.343 e. The summed E-state index contributed by atoms with van der Waals surface area (Å²) >= 11 is 0. The van der Waals surface area contributed by atoms with Gasteiger partial charge in [0.15, 0.2) is 62.8 Å². The van der Waals surface area contributed by atoms with E-state index in [1.165, 1.54) is 19.5 Å². The number of carbonyl (C=O) groups is 6. The van der Waals surface area contributed by atoms with Crippen molar-refractivity contribution < 1.29 is 83.9 Å². The minimum atomic E-state index is -2.43. The number of aliphatic carboxylic acids is 1. The molecule has 0 unspecified atom stereocenters. The number of H-pyrrole nitrogens is 2. The zero-order chi connectivity index (χ0) is 73.3. The van der Waals surface area contributed by atoms with Gasteiger partial charge in [0.25, 0.3) is 0 Å². The van der Waals surface area contributed by atoms with Crippen molar-refractivity contribution in [3.05, 3.63) is 234 Å². The molecule has 0 atom stereocenters. The van der Waals surface area contributed by atoms with E-state index in [2.05, 4.69) is 90.1 Å². The molecule has 0 saturated heterocycles. The van der Waals surface area contributed by atoms with Crippen molar-refractivity contribution in [3.63, 3.8) is 0 Å². The molecule has 28 heteroatoms. The third kappa shape index (κ3) is 14.9. The summed E-state index contributed by atoms with van der Waals surface area (Å²) in [6.07, 6.45) is 19.2. The van der Waals surface area contributed by atoms with Gasteiger partial charge < -0.3 is 43.0 Å². The first kappa shape index (κ1) is 72.5. The van der Waals surface area contributed by atoms with Gasteiger partial charge in [-0.15, -0.1) is 0 Å². The first-order chi connectivity index (χ1) is 48.9. The van der Waals surface area contributed by atoms with Crippen LogP contribution >= 0.6 is 0 Å². The maximum Gasteiger partial charge on any atom is 0.343 e. The van der Waals surface area contributed by atoms with Gasteiger partial charge >= 0.3 is 17.9 Å². The molecule has 522 valence electrons. The van der Waals surface area contributed by atoms with Crippen LogP contribution in [0.25, 0.3) is 66.5 Å². The number of nitrogens with zero attached hydrogens (tertiary/aromatic N) is 7. The Hall–Kier alpha value is -12.2. The average Bonchev–Trinajstić information content (AvgIpc) is 1.55. The monoisotopic (exact) mass is 1410 g/mol. The summed E-state index contributed by atoms with van der Waals surface area (Å²) in [5.74, 6) is -13.7. The zero-order valence-electron chi connectivity index (χ0n) is 55.8. The van der Waals surface area contributed by atoms with E-state index < -0.39 is 132 Å². The first-order valence-corrected chi connectivity index (χ1v) is 33.6. The zero-order valence-corrected chi connectivity index (χ0v) is 56.8. The Labute approximate surface area is 578 Å². The normalized spacial score (nSPS) is 11.3. The number of methoxy groups -OCH3 is 2. The van der Waals surface area contributed by atoms with Crippen LogP contribution in [0.4, 0.5) is 26.3 Å². The minimum absolute atomic E-state index is 0.0106. The molecule has 0 radical (unpaired) electrons. The van der Waals surface area contributed by atoms with E-state index in [4.69, 9.17) is 24.3 Å². The Morgan fingerprint density at radius 3 is 1.16 bits per heavy atom. The summed E-state index contributed by atoms with van der Waals surface area (Å²) in [4.78, 5) is 105. The number of aromatic nitrogens is 9. The predicted octanol–water partition coefficient (Wildman–Crippen LogP) is 14.5. The summed E-state index contributed by atoms with van der Waals surface area (Å²) in [7, 11) is -0.120. The van der Waals surface area contributed by atoms with E-state index >= 15 is 8.78 Å². The van der Waals surface area contributed by atoms with Crippen LogP contribution in [0.1, 0.15) is 89.3 Å². The number of rotatable bonds is 22. The molecule has 21 nitrogen and oxygen atoms in total. The number of fused-ring (bicyclic) bond motifs is 3. The lowest BCUT2D eigenvalue weighted by atomic mass is 10.0. The van der Waals surface area contributed by atoms with Gasteiger partial charge in [0.2, 0.25) is 17.3 Å². The van der Waals surface area contributed by atoms with Crippen molar-refractivity contribution in [2.24, 2.45) is 0 Å². The number of hydrogen-bond acceptors (Lipinski definition) is 17. The van der Waals surface area contributed by atoms with Crippen LogP contribution in [-0.2, 0) is 23.9 Å². The largest absolute Gasteiger partial charge is 0.479 e. The van der Waals surface area contributed by atoms with Gasteiger partial charge in [-0.05, 0) is 89.4 Å². The predicted molar refractivity (Wildman–Crippen MR) is 366 cm³/mol. The first-order valence-electron chi connectivity index (χ1n) is 31.4. The second-order valence-corrected chi connectivity index (χ2v) is 29.6. The Bertz CT molecular complexity index is 5130. The molecule has 0 saturated carbocycles. The number of aromatic amines is 2. The lowest BCUT2D eigenvalue weighted by Gasteiger charge is -2.44. The van der Waals surface area contributed by atoms with Crippen LogP contribution in [0.3, 0.4) is 0 Å². The van der Waals surface area contributed by atoms with Crippen LogP contribution in [-0.4, -0.2) is 127 Å². The number of carboxylic acids is 1. The number of pyridine rings is 6. The highest BCUT2D eigenvalue weighted by atomic mass is 28.3. The summed E-state index contributed by atoms with van der Waals surface area (Å²) in [5, 5.41) is 9.95. The van der Waals surface area contributed by atoms with Gasteiger partial charge in [-0.1, -0.05) is 59.7 Å². The van der Waals surface area contributed by atoms with E-state index in [-0.39, 0.29) is 33.3 Å². The quantitative estimate of drug-likeness (QED) is 0.0246. The molecule has 0 amide bonds. The van der Waals surface area contributed by atoms with Gasteiger partial charge in [-0.25, -0.2) is 55.7 Å². The Morgan fingerprint density at radius 1 is 0.461 bits per heavy atom. The fourth-order valence-corrected chi connectivity index (χ4v) is 18.9. The number of halogens is 6. The van der Waals surface area contributed by atoms with E-state index in [0.29, 0.717) is 44.2 Å².